The van der Waals surface area contributed by atoms with Gasteiger partial charge < -0.3 is 5.32 Å². The van der Waals surface area contributed by atoms with Gasteiger partial charge in [0.25, 0.3) is 0 Å². The molecule has 1 aliphatic rings. The summed E-state index contributed by atoms with van der Waals surface area (Å²) in [7, 11) is 0. The molecule has 17 heavy (non-hydrogen) atoms. The highest BCUT2D eigenvalue weighted by atomic mass is 32.1. The van der Waals surface area contributed by atoms with Crippen LogP contribution < -0.4 is 5.32 Å². The van der Waals surface area contributed by atoms with Crippen LogP contribution in [-0.2, 0) is 4.79 Å². The summed E-state index contributed by atoms with van der Waals surface area (Å²) in [5.41, 5.74) is 0. The van der Waals surface area contributed by atoms with E-state index in [1.807, 2.05) is 23.6 Å². The van der Waals surface area contributed by atoms with Crippen molar-refractivity contribution in [2.75, 3.05) is 6.54 Å². The second-order valence-corrected chi connectivity index (χ2v) is 5.56. The lowest BCUT2D eigenvalue weighted by Gasteiger charge is -2.08. The van der Waals surface area contributed by atoms with Crippen molar-refractivity contribution in [1.29, 1.82) is 0 Å². The highest BCUT2D eigenvalue weighted by molar-refractivity contribution is 7.10. The van der Waals surface area contributed by atoms with Gasteiger partial charge in [-0.15, -0.1) is 11.3 Å². The van der Waals surface area contributed by atoms with Crippen molar-refractivity contribution < 1.29 is 4.79 Å². The maximum Gasteiger partial charge on any atom is 0.244 e. The molecule has 0 aromatic carbocycles. The first-order valence-electron chi connectivity index (χ1n) is 6.34. The van der Waals surface area contributed by atoms with Gasteiger partial charge in [0.05, 0.1) is 0 Å². The van der Waals surface area contributed by atoms with Crippen LogP contribution >= 0.6 is 11.3 Å². The van der Waals surface area contributed by atoms with Crippen LogP contribution in [0.5, 0.6) is 0 Å². The number of carbonyl (C=O) groups is 1. The summed E-state index contributed by atoms with van der Waals surface area (Å²) in [5, 5.41) is 4.96. The number of hydrogen-bond donors (Lipinski definition) is 1. The molecule has 2 rings (SSSR count). The molecule has 3 heteroatoms. The van der Waals surface area contributed by atoms with E-state index in [-0.39, 0.29) is 5.91 Å². The summed E-state index contributed by atoms with van der Waals surface area (Å²) >= 11 is 1.64. The van der Waals surface area contributed by atoms with Gasteiger partial charge in [0.2, 0.25) is 5.91 Å². The number of hydrogen-bond acceptors (Lipinski definition) is 2. The molecule has 1 aliphatic carbocycles. The number of rotatable bonds is 5. The second-order valence-electron chi connectivity index (χ2n) is 4.58. The van der Waals surface area contributed by atoms with E-state index in [2.05, 4.69) is 5.32 Å². The highest BCUT2D eigenvalue weighted by Gasteiger charge is 2.14. The molecule has 92 valence electrons. The van der Waals surface area contributed by atoms with Gasteiger partial charge in [-0.3, -0.25) is 4.79 Å². The smallest absolute Gasteiger partial charge is 0.244 e. The van der Waals surface area contributed by atoms with Gasteiger partial charge in [0.15, 0.2) is 0 Å². The number of amides is 1. The molecule has 1 aromatic rings. The topological polar surface area (TPSA) is 29.1 Å². The van der Waals surface area contributed by atoms with Crippen molar-refractivity contribution in [2.24, 2.45) is 5.92 Å². The highest BCUT2D eigenvalue weighted by Crippen LogP contribution is 2.26. The lowest BCUT2D eigenvalue weighted by Crippen LogP contribution is -2.23. The molecule has 0 aliphatic heterocycles. The summed E-state index contributed by atoms with van der Waals surface area (Å²) in [6.45, 7) is 0.818. The quantitative estimate of drug-likeness (QED) is 0.796. The molecule has 0 bridgehead atoms. The molecule has 0 saturated heterocycles. The minimum absolute atomic E-state index is 0.0244. The van der Waals surface area contributed by atoms with E-state index < -0.39 is 0 Å². The fourth-order valence-corrected chi connectivity index (χ4v) is 2.92. The van der Waals surface area contributed by atoms with Gasteiger partial charge >= 0.3 is 0 Å². The Morgan fingerprint density at radius 3 is 3.00 bits per heavy atom. The molecule has 1 aromatic heterocycles. The molecule has 1 fully saturated rings. The fourth-order valence-electron chi connectivity index (χ4n) is 2.30. The van der Waals surface area contributed by atoms with E-state index in [0.29, 0.717) is 0 Å². The van der Waals surface area contributed by atoms with E-state index in [1.54, 1.807) is 17.4 Å². The first-order valence-corrected chi connectivity index (χ1v) is 7.22. The second kappa shape index (κ2) is 6.60. The largest absolute Gasteiger partial charge is 0.353 e. The summed E-state index contributed by atoms with van der Waals surface area (Å²) in [6.07, 6.45) is 10.1. The molecule has 0 atom stereocenters. The first-order chi connectivity index (χ1) is 8.34. The van der Waals surface area contributed by atoms with Crippen LogP contribution in [0.25, 0.3) is 6.08 Å². The monoisotopic (exact) mass is 249 g/mol. The Labute approximate surface area is 107 Å². The molecule has 0 spiro atoms. The van der Waals surface area contributed by atoms with Crippen LogP contribution in [0.3, 0.4) is 0 Å². The van der Waals surface area contributed by atoms with E-state index in [9.17, 15) is 4.79 Å². The third kappa shape index (κ3) is 4.35. The SMILES string of the molecule is O=C(/C=C/c1cccs1)NCCC1CCCC1. The van der Waals surface area contributed by atoms with Gasteiger partial charge in [-0.25, -0.2) is 0 Å². The van der Waals surface area contributed by atoms with Gasteiger partial charge in [-0.1, -0.05) is 31.7 Å². The third-order valence-corrected chi connectivity index (χ3v) is 4.11. The Bertz CT molecular complexity index is 364. The van der Waals surface area contributed by atoms with E-state index in [1.165, 1.54) is 25.7 Å². The summed E-state index contributed by atoms with van der Waals surface area (Å²) in [5.74, 6) is 0.868. The lowest BCUT2D eigenvalue weighted by molar-refractivity contribution is -0.116. The normalized spacial score (nSPS) is 16.7. The van der Waals surface area contributed by atoms with Crippen LogP contribution in [0, 0.1) is 5.92 Å². The molecule has 1 amide bonds. The maximum absolute atomic E-state index is 11.5. The van der Waals surface area contributed by atoms with E-state index in [0.717, 1.165) is 23.8 Å². The predicted molar refractivity (Wildman–Crippen MR) is 72.9 cm³/mol. The van der Waals surface area contributed by atoms with Crippen LogP contribution in [0.2, 0.25) is 0 Å². The van der Waals surface area contributed by atoms with Crippen molar-refractivity contribution in [3.05, 3.63) is 28.5 Å². The predicted octanol–water partition coefficient (Wildman–Crippen LogP) is 3.46. The summed E-state index contributed by atoms with van der Waals surface area (Å²) < 4.78 is 0. The zero-order valence-corrected chi connectivity index (χ0v) is 10.8. The van der Waals surface area contributed by atoms with Gasteiger partial charge in [0, 0.05) is 17.5 Å². The Balaban J connectivity index is 1.63. The van der Waals surface area contributed by atoms with Gasteiger partial charge in [0.1, 0.15) is 0 Å². The van der Waals surface area contributed by atoms with E-state index in [4.69, 9.17) is 0 Å². The molecule has 0 unspecified atom stereocenters. The van der Waals surface area contributed by atoms with Gasteiger partial charge in [-0.2, -0.15) is 0 Å². The van der Waals surface area contributed by atoms with Crippen molar-refractivity contribution in [2.45, 2.75) is 32.1 Å². The molecular formula is C14H19NOS. The third-order valence-electron chi connectivity index (χ3n) is 3.27. The van der Waals surface area contributed by atoms with Crippen LogP contribution in [0.1, 0.15) is 37.0 Å². The van der Waals surface area contributed by atoms with Crippen LogP contribution in [0.15, 0.2) is 23.6 Å². The zero-order chi connectivity index (χ0) is 11.9. The number of thiophene rings is 1. The fraction of sp³-hybridized carbons (Fsp3) is 0.500. The average Bonchev–Trinajstić information content (AvgIpc) is 2.99. The Kier molecular flexibility index (Phi) is 4.80. The molecule has 1 N–H and O–H groups in total. The molecule has 1 saturated carbocycles. The standard InChI is InChI=1S/C14H19NOS/c16-14(8-7-13-6-3-11-17-13)15-10-9-12-4-1-2-5-12/h3,6-8,11-12H,1-2,4-5,9-10H2,(H,15,16)/b8-7+. The first kappa shape index (κ1) is 12.4. The van der Waals surface area contributed by atoms with Gasteiger partial charge in [-0.05, 0) is 29.9 Å². The number of carbonyl (C=O) groups excluding carboxylic acids is 1. The Morgan fingerprint density at radius 2 is 2.29 bits per heavy atom. The Morgan fingerprint density at radius 1 is 1.47 bits per heavy atom. The minimum atomic E-state index is 0.0244. The van der Waals surface area contributed by atoms with Crippen molar-refractivity contribution in [3.8, 4) is 0 Å². The molecule has 1 heterocycles. The molecule has 2 nitrogen and oxygen atoms in total. The average molecular weight is 249 g/mol. The van der Waals surface area contributed by atoms with E-state index >= 15 is 0 Å². The van der Waals surface area contributed by atoms with Crippen molar-refractivity contribution >= 4 is 23.3 Å². The number of nitrogens with one attached hydrogen (secondary N) is 1. The summed E-state index contributed by atoms with van der Waals surface area (Å²) in [4.78, 5) is 12.6. The van der Waals surface area contributed by atoms with Crippen LogP contribution in [-0.4, -0.2) is 12.5 Å². The summed E-state index contributed by atoms with van der Waals surface area (Å²) in [6, 6.07) is 4.00. The maximum atomic E-state index is 11.5. The minimum Gasteiger partial charge on any atom is -0.353 e. The lowest BCUT2D eigenvalue weighted by atomic mass is 10.0. The van der Waals surface area contributed by atoms with Crippen molar-refractivity contribution in [3.63, 3.8) is 0 Å². The zero-order valence-electron chi connectivity index (χ0n) is 10.0. The van der Waals surface area contributed by atoms with Crippen molar-refractivity contribution in [1.82, 2.24) is 5.32 Å². The molecule has 0 radical (unpaired) electrons. The molecular weight excluding hydrogens is 230 g/mol. The Hall–Kier alpha value is -1.09. The van der Waals surface area contributed by atoms with Crippen LogP contribution in [0.4, 0.5) is 0 Å².